The van der Waals surface area contributed by atoms with Crippen molar-refractivity contribution >= 4 is 22.9 Å². The highest BCUT2D eigenvalue weighted by Crippen LogP contribution is 2.23. The van der Waals surface area contributed by atoms with Gasteiger partial charge >= 0.3 is 0 Å². The molecule has 1 N–H and O–H groups in total. The third-order valence-corrected chi connectivity index (χ3v) is 5.09. The number of nitrogens with zero attached hydrogens (tertiary/aromatic N) is 4. The fourth-order valence-electron chi connectivity index (χ4n) is 2.77. The summed E-state index contributed by atoms with van der Waals surface area (Å²) in [6, 6.07) is 12.4. The van der Waals surface area contributed by atoms with Crippen LogP contribution in [0, 0.1) is 11.3 Å². The molecule has 1 amide bonds. The lowest BCUT2D eigenvalue weighted by Gasteiger charge is -2.26. The van der Waals surface area contributed by atoms with E-state index >= 15 is 0 Å². The van der Waals surface area contributed by atoms with Crippen LogP contribution in [0.4, 0.5) is 5.69 Å². The predicted octanol–water partition coefficient (Wildman–Crippen LogP) is 3.91. The molecule has 0 aliphatic carbocycles. The minimum atomic E-state index is -0.400. The van der Waals surface area contributed by atoms with Gasteiger partial charge in [0.15, 0.2) is 0 Å². The molecule has 1 atom stereocenters. The van der Waals surface area contributed by atoms with Crippen molar-refractivity contribution in [3.63, 3.8) is 0 Å². The number of anilines is 1. The Morgan fingerprint density at radius 3 is 2.93 bits per heavy atom. The molecule has 0 spiro atoms. The zero-order chi connectivity index (χ0) is 19.9. The lowest BCUT2D eigenvalue weighted by molar-refractivity contribution is -0.121. The Labute approximate surface area is 167 Å². The van der Waals surface area contributed by atoms with Crippen molar-refractivity contribution in [2.45, 2.75) is 32.9 Å². The number of hydrogen-bond acceptors (Lipinski definition) is 7. The summed E-state index contributed by atoms with van der Waals surface area (Å²) in [5.41, 5.74) is 1.10. The highest BCUT2D eigenvalue weighted by Gasteiger charge is 2.23. The minimum Gasteiger partial charge on any atom is -0.419 e. The number of thiophene rings is 1. The van der Waals surface area contributed by atoms with E-state index in [1.54, 1.807) is 24.3 Å². The molecular formula is C20H21N5O2S. The summed E-state index contributed by atoms with van der Waals surface area (Å²) in [7, 11) is 0. The van der Waals surface area contributed by atoms with Gasteiger partial charge in [0.2, 0.25) is 11.8 Å². The fraction of sp³-hybridized carbons (Fsp3) is 0.300. The Hall–Kier alpha value is -3.02. The lowest BCUT2D eigenvalue weighted by atomic mass is 10.2. The zero-order valence-corrected chi connectivity index (χ0v) is 16.6. The molecule has 0 saturated heterocycles. The third kappa shape index (κ3) is 4.82. The van der Waals surface area contributed by atoms with Crippen LogP contribution in [-0.2, 0) is 11.3 Å². The highest BCUT2D eigenvalue weighted by atomic mass is 32.1. The zero-order valence-electron chi connectivity index (χ0n) is 15.8. The van der Waals surface area contributed by atoms with Crippen molar-refractivity contribution in [2.24, 2.45) is 0 Å². The Balaban J connectivity index is 1.68. The monoisotopic (exact) mass is 395 g/mol. The Bertz CT molecular complexity index is 961. The van der Waals surface area contributed by atoms with Gasteiger partial charge in [0.1, 0.15) is 0 Å². The van der Waals surface area contributed by atoms with Crippen LogP contribution in [0.2, 0.25) is 0 Å². The van der Waals surface area contributed by atoms with Crippen molar-refractivity contribution in [1.82, 2.24) is 15.1 Å². The maximum atomic E-state index is 12.7. The molecule has 2 heterocycles. The first kappa shape index (κ1) is 19.7. The molecule has 0 bridgehead atoms. The van der Waals surface area contributed by atoms with Crippen molar-refractivity contribution in [1.29, 1.82) is 5.26 Å². The fourth-order valence-corrected chi connectivity index (χ4v) is 3.41. The second-order valence-electron chi connectivity index (χ2n) is 6.31. The first-order chi connectivity index (χ1) is 13.6. The molecule has 0 saturated carbocycles. The molecule has 3 aromatic rings. The van der Waals surface area contributed by atoms with Crippen LogP contribution in [-0.4, -0.2) is 33.6 Å². The first-order valence-electron chi connectivity index (χ1n) is 9.02. The number of hydrogen-bond donors (Lipinski definition) is 1. The van der Waals surface area contributed by atoms with E-state index in [1.165, 1.54) is 11.3 Å². The van der Waals surface area contributed by atoms with E-state index in [-0.39, 0.29) is 5.91 Å². The molecular weight excluding hydrogens is 374 g/mol. The van der Waals surface area contributed by atoms with E-state index < -0.39 is 6.04 Å². The van der Waals surface area contributed by atoms with Gasteiger partial charge in [0.05, 0.1) is 29.1 Å². The van der Waals surface area contributed by atoms with Crippen molar-refractivity contribution in [3.05, 3.63) is 53.2 Å². The number of nitriles is 1. The minimum absolute atomic E-state index is 0.151. The average Bonchev–Trinajstić information content (AvgIpc) is 3.39. The summed E-state index contributed by atoms with van der Waals surface area (Å²) in [5.74, 6) is 0.816. The van der Waals surface area contributed by atoms with Crippen LogP contribution < -0.4 is 5.32 Å². The molecule has 7 nitrogen and oxygen atoms in total. The molecule has 0 aliphatic rings. The number of rotatable bonds is 8. The molecule has 144 valence electrons. The molecule has 28 heavy (non-hydrogen) atoms. The standard InChI is InChI=1S/C20H21N5O2S/c1-3-9-25(13-18-23-24-20(27-18)17-8-5-10-28-17)14(2)19(26)22-16-7-4-6-15(11-16)12-21/h4-8,10-11,14H,3,9,13H2,1-2H3,(H,22,26)/t14-/m1/s1. The predicted molar refractivity (Wildman–Crippen MR) is 108 cm³/mol. The number of carbonyl (C=O) groups is 1. The second kappa shape index (κ2) is 9.26. The molecule has 0 radical (unpaired) electrons. The quantitative estimate of drug-likeness (QED) is 0.621. The normalized spacial score (nSPS) is 11.9. The lowest BCUT2D eigenvalue weighted by Crippen LogP contribution is -2.42. The number of carbonyl (C=O) groups excluding carboxylic acids is 1. The molecule has 1 aromatic carbocycles. The van der Waals surface area contributed by atoms with Crippen LogP contribution in [0.3, 0.4) is 0 Å². The summed E-state index contributed by atoms with van der Waals surface area (Å²) in [5, 5.41) is 22.1. The maximum Gasteiger partial charge on any atom is 0.257 e. The SMILES string of the molecule is CCCN(Cc1nnc(-c2cccs2)o1)[C@H](C)C(=O)Nc1cccc(C#N)c1. The van der Waals surface area contributed by atoms with E-state index in [9.17, 15) is 4.79 Å². The van der Waals surface area contributed by atoms with Gasteiger partial charge in [-0.1, -0.05) is 19.1 Å². The van der Waals surface area contributed by atoms with Gasteiger partial charge in [0.25, 0.3) is 5.89 Å². The average molecular weight is 395 g/mol. The van der Waals surface area contributed by atoms with Gasteiger partial charge in [-0.2, -0.15) is 5.26 Å². The maximum absolute atomic E-state index is 12.7. The van der Waals surface area contributed by atoms with Crippen molar-refractivity contribution in [3.8, 4) is 16.8 Å². The van der Waals surface area contributed by atoms with Gasteiger partial charge < -0.3 is 9.73 Å². The van der Waals surface area contributed by atoms with Crippen molar-refractivity contribution in [2.75, 3.05) is 11.9 Å². The van der Waals surface area contributed by atoms with E-state index in [1.807, 2.05) is 29.3 Å². The summed E-state index contributed by atoms with van der Waals surface area (Å²) in [4.78, 5) is 15.6. The molecule has 2 aromatic heterocycles. The molecule has 3 rings (SSSR count). The molecule has 0 aliphatic heterocycles. The number of amides is 1. The Kier molecular flexibility index (Phi) is 6.53. The smallest absolute Gasteiger partial charge is 0.257 e. The molecule has 8 heteroatoms. The summed E-state index contributed by atoms with van der Waals surface area (Å²) in [6.45, 7) is 5.00. The van der Waals surface area contributed by atoms with E-state index in [0.717, 1.165) is 11.3 Å². The van der Waals surface area contributed by atoms with Crippen LogP contribution in [0.25, 0.3) is 10.8 Å². The van der Waals surface area contributed by atoms with Crippen LogP contribution in [0.5, 0.6) is 0 Å². The summed E-state index contributed by atoms with van der Waals surface area (Å²) < 4.78 is 5.76. The van der Waals surface area contributed by atoms with E-state index in [4.69, 9.17) is 9.68 Å². The van der Waals surface area contributed by atoms with Crippen LogP contribution in [0.15, 0.2) is 46.2 Å². The summed E-state index contributed by atoms with van der Waals surface area (Å²) in [6.07, 6.45) is 0.882. The van der Waals surface area contributed by atoms with Crippen LogP contribution in [0.1, 0.15) is 31.7 Å². The first-order valence-corrected chi connectivity index (χ1v) is 9.90. The molecule has 0 unspecified atom stereocenters. The van der Waals surface area contributed by atoms with Crippen molar-refractivity contribution < 1.29 is 9.21 Å². The second-order valence-corrected chi connectivity index (χ2v) is 7.25. The van der Waals surface area contributed by atoms with Gasteiger partial charge in [0, 0.05) is 5.69 Å². The van der Waals surface area contributed by atoms with Gasteiger partial charge in [-0.25, -0.2) is 0 Å². The summed E-state index contributed by atoms with van der Waals surface area (Å²) >= 11 is 1.54. The van der Waals surface area contributed by atoms with Gasteiger partial charge in [-0.15, -0.1) is 21.5 Å². The Morgan fingerprint density at radius 1 is 1.36 bits per heavy atom. The number of benzene rings is 1. The van der Waals surface area contributed by atoms with E-state index in [2.05, 4.69) is 28.5 Å². The van der Waals surface area contributed by atoms with Gasteiger partial charge in [-0.3, -0.25) is 9.69 Å². The highest BCUT2D eigenvalue weighted by molar-refractivity contribution is 7.13. The van der Waals surface area contributed by atoms with Gasteiger partial charge in [-0.05, 0) is 49.5 Å². The largest absolute Gasteiger partial charge is 0.419 e. The molecule has 0 fully saturated rings. The topological polar surface area (TPSA) is 95.1 Å². The Morgan fingerprint density at radius 2 is 2.21 bits per heavy atom. The number of aromatic nitrogens is 2. The van der Waals surface area contributed by atoms with Crippen LogP contribution >= 0.6 is 11.3 Å². The van der Waals surface area contributed by atoms with E-state index in [0.29, 0.717) is 36.1 Å². The number of nitrogens with one attached hydrogen (secondary N) is 1. The third-order valence-electron chi connectivity index (χ3n) is 4.23.